The van der Waals surface area contributed by atoms with Crippen molar-refractivity contribution in [1.29, 1.82) is 0 Å². The van der Waals surface area contributed by atoms with E-state index in [1.807, 2.05) is 35.4 Å². The quantitative estimate of drug-likeness (QED) is 0.614. The summed E-state index contributed by atoms with van der Waals surface area (Å²) in [5.41, 5.74) is 8.89. The minimum atomic E-state index is -0.126. The third-order valence-electron chi connectivity index (χ3n) is 6.20. The molecule has 1 spiro atoms. The first-order valence-corrected chi connectivity index (χ1v) is 9.31. The molecule has 0 bridgehead atoms. The SMILES string of the molecule is Nc1nc2c(c(=O)[nH]1)CCC21CCN(C(=O)c2ccc3[nH]ccc3c2)CC1. The minimum absolute atomic E-state index is 0.0598. The van der Waals surface area contributed by atoms with Crippen LogP contribution in [0.25, 0.3) is 10.9 Å². The van der Waals surface area contributed by atoms with Crippen LogP contribution in [0.3, 0.4) is 0 Å². The normalized spacial score (nSPS) is 18.1. The van der Waals surface area contributed by atoms with Gasteiger partial charge in [0.2, 0.25) is 5.95 Å². The number of hydrogen-bond donors (Lipinski definition) is 3. The highest BCUT2D eigenvalue weighted by Gasteiger charge is 2.44. The van der Waals surface area contributed by atoms with E-state index in [0.29, 0.717) is 18.7 Å². The molecule has 1 fully saturated rings. The summed E-state index contributed by atoms with van der Waals surface area (Å²) in [5, 5.41) is 1.04. The van der Waals surface area contributed by atoms with Crippen molar-refractivity contribution in [2.75, 3.05) is 18.8 Å². The molecule has 1 aromatic carbocycles. The van der Waals surface area contributed by atoms with Crippen LogP contribution in [0, 0.1) is 0 Å². The Balaban J connectivity index is 1.38. The number of amides is 1. The third kappa shape index (κ3) is 2.45. The lowest BCUT2D eigenvalue weighted by atomic mass is 9.76. The fraction of sp³-hybridized carbons (Fsp3) is 0.350. The lowest BCUT2D eigenvalue weighted by Gasteiger charge is -2.39. The number of nitrogens with one attached hydrogen (secondary N) is 2. The number of nitrogens with two attached hydrogens (primary N) is 1. The van der Waals surface area contributed by atoms with E-state index in [4.69, 9.17) is 5.73 Å². The molecule has 138 valence electrons. The second-order valence-electron chi connectivity index (χ2n) is 7.63. The van der Waals surface area contributed by atoms with Crippen LogP contribution >= 0.6 is 0 Å². The number of nitrogens with zero attached hydrogens (tertiary/aromatic N) is 2. The lowest BCUT2D eigenvalue weighted by molar-refractivity contribution is 0.0663. The van der Waals surface area contributed by atoms with E-state index in [9.17, 15) is 9.59 Å². The topological polar surface area (TPSA) is 108 Å². The van der Waals surface area contributed by atoms with Crippen molar-refractivity contribution in [2.45, 2.75) is 31.1 Å². The van der Waals surface area contributed by atoms with E-state index in [-0.39, 0.29) is 22.8 Å². The second-order valence-corrected chi connectivity index (χ2v) is 7.63. The number of rotatable bonds is 1. The maximum Gasteiger partial charge on any atom is 0.255 e. The zero-order chi connectivity index (χ0) is 18.6. The molecule has 4 N–H and O–H groups in total. The Bertz CT molecular complexity index is 1110. The summed E-state index contributed by atoms with van der Waals surface area (Å²) in [4.78, 5) is 37.2. The van der Waals surface area contributed by atoms with Gasteiger partial charge in [-0.1, -0.05) is 0 Å². The number of carbonyl (C=O) groups excluding carboxylic acids is 1. The number of fused-ring (bicyclic) bond motifs is 3. The molecule has 2 aliphatic rings. The number of hydrogen-bond acceptors (Lipinski definition) is 4. The molecule has 0 atom stereocenters. The van der Waals surface area contributed by atoms with Crippen molar-refractivity contribution >= 4 is 22.8 Å². The summed E-state index contributed by atoms with van der Waals surface area (Å²) >= 11 is 0. The fourth-order valence-corrected chi connectivity index (χ4v) is 4.66. The molecule has 5 rings (SSSR count). The van der Waals surface area contributed by atoms with Crippen LogP contribution in [0.15, 0.2) is 35.3 Å². The Hall–Kier alpha value is -3.09. The summed E-state index contributed by atoms with van der Waals surface area (Å²) in [6, 6.07) is 7.73. The van der Waals surface area contributed by atoms with Crippen molar-refractivity contribution in [3.63, 3.8) is 0 Å². The number of carbonyl (C=O) groups is 1. The molecular weight excluding hydrogens is 342 g/mol. The van der Waals surface area contributed by atoms with E-state index in [1.165, 1.54) is 0 Å². The third-order valence-corrected chi connectivity index (χ3v) is 6.20. The van der Waals surface area contributed by atoms with Gasteiger partial charge in [-0.3, -0.25) is 14.6 Å². The molecule has 27 heavy (non-hydrogen) atoms. The van der Waals surface area contributed by atoms with Gasteiger partial charge in [-0.2, -0.15) is 0 Å². The van der Waals surface area contributed by atoms with E-state index < -0.39 is 0 Å². The van der Waals surface area contributed by atoms with Crippen molar-refractivity contribution < 1.29 is 4.79 Å². The largest absolute Gasteiger partial charge is 0.369 e. The Kier molecular flexibility index (Phi) is 3.40. The molecule has 1 aliphatic carbocycles. The first kappa shape index (κ1) is 16.1. The molecule has 0 unspecified atom stereocenters. The molecule has 1 saturated heterocycles. The van der Waals surface area contributed by atoms with Crippen LogP contribution in [-0.2, 0) is 11.8 Å². The zero-order valence-electron chi connectivity index (χ0n) is 14.9. The van der Waals surface area contributed by atoms with Gasteiger partial charge < -0.3 is 15.6 Å². The van der Waals surface area contributed by atoms with E-state index in [1.54, 1.807) is 0 Å². The molecule has 0 radical (unpaired) electrons. The Morgan fingerprint density at radius 1 is 1.19 bits per heavy atom. The second kappa shape index (κ2) is 5.70. The van der Waals surface area contributed by atoms with E-state index in [2.05, 4.69) is 15.0 Å². The van der Waals surface area contributed by atoms with Gasteiger partial charge >= 0.3 is 0 Å². The monoisotopic (exact) mass is 363 g/mol. The zero-order valence-corrected chi connectivity index (χ0v) is 14.9. The van der Waals surface area contributed by atoms with Gasteiger partial charge in [0.05, 0.1) is 5.69 Å². The summed E-state index contributed by atoms with van der Waals surface area (Å²) in [5.74, 6) is 0.239. The minimum Gasteiger partial charge on any atom is -0.369 e. The maximum atomic E-state index is 12.9. The number of nitrogen functional groups attached to an aromatic ring is 1. The molecule has 7 nitrogen and oxygen atoms in total. The van der Waals surface area contributed by atoms with Gasteiger partial charge in [0, 0.05) is 46.7 Å². The van der Waals surface area contributed by atoms with Crippen LogP contribution < -0.4 is 11.3 Å². The number of aromatic amines is 2. The van der Waals surface area contributed by atoms with Crippen LogP contribution in [0.1, 0.15) is 40.9 Å². The van der Waals surface area contributed by atoms with Gasteiger partial charge in [0.1, 0.15) is 0 Å². The van der Waals surface area contributed by atoms with Crippen molar-refractivity contribution in [3.05, 3.63) is 57.6 Å². The average Bonchev–Trinajstić information content (AvgIpc) is 3.27. The Morgan fingerprint density at radius 3 is 2.81 bits per heavy atom. The molecule has 3 heterocycles. The van der Waals surface area contributed by atoms with Gasteiger partial charge in [-0.05, 0) is 49.9 Å². The summed E-state index contributed by atoms with van der Waals surface area (Å²) in [6.45, 7) is 1.33. The molecule has 1 aliphatic heterocycles. The number of aromatic nitrogens is 3. The van der Waals surface area contributed by atoms with Crippen LogP contribution in [0.5, 0.6) is 0 Å². The predicted molar refractivity (Wildman–Crippen MR) is 103 cm³/mol. The molecule has 7 heteroatoms. The highest BCUT2D eigenvalue weighted by atomic mass is 16.2. The molecule has 1 amide bonds. The number of piperidine rings is 1. The van der Waals surface area contributed by atoms with Gasteiger partial charge in [0.15, 0.2) is 0 Å². The average molecular weight is 363 g/mol. The van der Waals surface area contributed by atoms with Crippen LogP contribution in [0.4, 0.5) is 5.95 Å². The maximum absolute atomic E-state index is 12.9. The number of H-pyrrole nitrogens is 2. The number of anilines is 1. The van der Waals surface area contributed by atoms with Crippen LogP contribution in [-0.4, -0.2) is 38.8 Å². The molecular formula is C20H21N5O2. The number of likely N-dealkylation sites (tertiary alicyclic amines) is 1. The predicted octanol–water partition coefficient (Wildman–Crippen LogP) is 1.95. The van der Waals surface area contributed by atoms with Gasteiger partial charge in [0.25, 0.3) is 11.5 Å². The number of benzene rings is 1. The Morgan fingerprint density at radius 2 is 2.00 bits per heavy atom. The van der Waals surface area contributed by atoms with Crippen molar-refractivity contribution in [1.82, 2.24) is 19.9 Å². The summed E-state index contributed by atoms with van der Waals surface area (Å²) in [6.07, 6.45) is 5.14. The molecule has 0 saturated carbocycles. The molecule has 2 aromatic heterocycles. The van der Waals surface area contributed by atoms with Crippen LogP contribution in [0.2, 0.25) is 0 Å². The van der Waals surface area contributed by atoms with Gasteiger partial charge in [-0.15, -0.1) is 0 Å². The fourth-order valence-electron chi connectivity index (χ4n) is 4.66. The Labute approximate surface area is 155 Å². The first-order valence-electron chi connectivity index (χ1n) is 9.31. The smallest absolute Gasteiger partial charge is 0.255 e. The summed E-state index contributed by atoms with van der Waals surface area (Å²) in [7, 11) is 0. The standard InChI is InChI=1S/C20H21N5O2/c21-19-23-16-14(17(26)24-19)3-5-20(16)6-9-25(10-7-20)18(27)13-1-2-15-12(11-13)4-8-22-15/h1-2,4,8,11,22H,3,5-7,9-10H2,(H3,21,23,24,26). The highest BCUT2D eigenvalue weighted by molar-refractivity contribution is 5.98. The first-order chi connectivity index (χ1) is 13.1. The lowest BCUT2D eigenvalue weighted by Crippen LogP contribution is -2.44. The summed E-state index contributed by atoms with van der Waals surface area (Å²) < 4.78 is 0. The molecule has 3 aromatic rings. The van der Waals surface area contributed by atoms with Crippen molar-refractivity contribution in [3.8, 4) is 0 Å². The highest BCUT2D eigenvalue weighted by Crippen LogP contribution is 2.44. The van der Waals surface area contributed by atoms with Crippen molar-refractivity contribution in [2.24, 2.45) is 0 Å². The van der Waals surface area contributed by atoms with E-state index in [0.717, 1.165) is 47.8 Å². The van der Waals surface area contributed by atoms with E-state index >= 15 is 0 Å². The van der Waals surface area contributed by atoms with Gasteiger partial charge in [-0.25, -0.2) is 4.98 Å².